The number of hydrogen-bond donors (Lipinski definition) is 1. The van der Waals surface area contributed by atoms with Crippen molar-refractivity contribution < 1.29 is 9.21 Å². The van der Waals surface area contributed by atoms with E-state index in [-0.39, 0.29) is 11.3 Å². The molecule has 0 radical (unpaired) electrons. The van der Waals surface area contributed by atoms with Crippen LogP contribution < -0.4 is 10.7 Å². The number of rotatable bonds is 5. The fraction of sp³-hybridized carbons (Fsp3) is 0.250. The second-order valence-electron chi connectivity index (χ2n) is 4.94. The van der Waals surface area contributed by atoms with Crippen LogP contribution in [-0.4, -0.2) is 38.0 Å². The summed E-state index contributed by atoms with van der Waals surface area (Å²) in [5, 5.41) is 3.25. The van der Waals surface area contributed by atoms with Gasteiger partial charge in [0.15, 0.2) is 5.43 Å². The van der Waals surface area contributed by atoms with Gasteiger partial charge in [0.05, 0.1) is 10.9 Å². The molecule has 0 atom stereocenters. The molecule has 2 rings (SSSR count). The normalized spacial score (nSPS) is 11.4. The summed E-state index contributed by atoms with van der Waals surface area (Å²) in [5.41, 5.74) is 0.751. The van der Waals surface area contributed by atoms with Crippen molar-refractivity contribution in [1.82, 2.24) is 10.2 Å². The van der Waals surface area contributed by atoms with Gasteiger partial charge in [0.2, 0.25) is 5.91 Å². The highest BCUT2D eigenvalue weighted by atomic mass is 16.3. The number of carbonyl (C=O) groups is 1. The lowest BCUT2D eigenvalue weighted by atomic mass is 10.1. The van der Waals surface area contributed by atoms with E-state index in [1.807, 2.05) is 19.0 Å². The third kappa shape index (κ3) is 4.03. The number of para-hydroxylation sites is 1. The topological polar surface area (TPSA) is 62.6 Å². The summed E-state index contributed by atoms with van der Waals surface area (Å²) in [6.07, 6.45) is 4.19. The van der Waals surface area contributed by atoms with Crippen LogP contribution in [0.15, 0.2) is 45.8 Å². The van der Waals surface area contributed by atoms with Gasteiger partial charge in [-0.15, -0.1) is 0 Å². The SMILES string of the molecule is CN(C)CCNC(=O)/C=C/c1coc2ccccc2c1=O. The number of nitrogens with one attached hydrogen (secondary N) is 1. The molecular weight excluding hydrogens is 268 g/mol. The molecule has 0 fully saturated rings. The first-order valence-electron chi connectivity index (χ1n) is 6.69. The highest BCUT2D eigenvalue weighted by molar-refractivity contribution is 5.92. The molecule has 1 N–H and O–H groups in total. The predicted molar refractivity (Wildman–Crippen MR) is 83.1 cm³/mol. The van der Waals surface area contributed by atoms with E-state index in [0.29, 0.717) is 23.1 Å². The Bertz CT molecular complexity index is 717. The molecule has 0 saturated carbocycles. The number of hydrogen-bond acceptors (Lipinski definition) is 4. The molecule has 1 aromatic heterocycles. The van der Waals surface area contributed by atoms with E-state index in [1.54, 1.807) is 24.3 Å². The molecule has 0 spiro atoms. The van der Waals surface area contributed by atoms with E-state index in [1.165, 1.54) is 18.4 Å². The predicted octanol–water partition coefficient (Wildman–Crippen LogP) is 1.48. The first-order chi connectivity index (χ1) is 10.1. The van der Waals surface area contributed by atoms with Gasteiger partial charge in [0.25, 0.3) is 0 Å². The Morgan fingerprint density at radius 3 is 2.86 bits per heavy atom. The van der Waals surface area contributed by atoms with Crippen molar-refractivity contribution in [2.75, 3.05) is 27.2 Å². The molecule has 5 heteroatoms. The van der Waals surface area contributed by atoms with Crippen molar-refractivity contribution in [3.63, 3.8) is 0 Å². The molecule has 1 amide bonds. The maximum atomic E-state index is 12.2. The Labute approximate surface area is 122 Å². The molecule has 0 aliphatic heterocycles. The average molecular weight is 286 g/mol. The number of carbonyl (C=O) groups excluding carboxylic acids is 1. The van der Waals surface area contributed by atoms with Crippen LogP contribution >= 0.6 is 0 Å². The van der Waals surface area contributed by atoms with Crippen molar-refractivity contribution in [3.05, 3.63) is 52.4 Å². The maximum absolute atomic E-state index is 12.2. The fourth-order valence-electron chi connectivity index (χ4n) is 1.84. The van der Waals surface area contributed by atoms with E-state index in [9.17, 15) is 9.59 Å². The second kappa shape index (κ2) is 6.85. The fourth-order valence-corrected chi connectivity index (χ4v) is 1.84. The van der Waals surface area contributed by atoms with Gasteiger partial charge in [-0.05, 0) is 32.3 Å². The van der Waals surface area contributed by atoms with E-state index < -0.39 is 0 Å². The summed E-state index contributed by atoms with van der Waals surface area (Å²) in [7, 11) is 3.87. The molecule has 2 aromatic rings. The Morgan fingerprint density at radius 1 is 1.33 bits per heavy atom. The van der Waals surface area contributed by atoms with Crippen LogP contribution in [0.1, 0.15) is 5.56 Å². The van der Waals surface area contributed by atoms with Crippen molar-refractivity contribution in [1.29, 1.82) is 0 Å². The monoisotopic (exact) mass is 286 g/mol. The third-order valence-electron chi connectivity index (χ3n) is 2.98. The quantitative estimate of drug-likeness (QED) is 0.846. The largest absolute Gasteiger partial charge is 0.463 e. The molecule has 0 aliphatic rings. The van der Waals surface area contributed by atoms with Gasteiger partial charge < -0.3 is 14.6 Å². The standard InChI is InChI=1S/C16H18N2O3/c1-18(2)10-9-17-15(19)8-7-12-11-21-14-6-4-3-5-13(14)16(12)20/h3-8,11H,9-10H2,1-2H3,(H,17,19)/b8-7+. The van der Waals surface area contributed by atoms with Crippen molar-refractivity contribution in [2.24, 2.45) is 0 Å². The zero-order valence-corrected chi connectivity index (χ0v) is 12.1. The van der Waals surface area contributed by atoms with Crippen molar-refractivity contribution in [3.8, 4) is 0 Å². The van der Waals surface area contributed by atoms with Crippen LogP contribution in [0, 0.1) is 0 Å². The summed E-state index contributed by atoms with van der Waals surface area (Å²) in [4.78, 5) is 25.8. The molecule has 1 aromatic carbocycles. The number of nitrogens with zero attached hydrogens (tertiary/aromatic N) is 1. The molecule has 5 nitrogen and oxygen atoms in total. The van der Waals surface area contributed by atoms with E-state index >= 15 is 0 Å². The van der Waals surface area contributed by atoms with Crippen molar-refractivity contribution >= 4 is 23.0 Å². The number of fused-ring (bicyclic) bond motifs is 1. The maximum Gasteiger partial charge on any atom is 0.244 e. The van der Waals surface area contributed by atoms with E-state index in [2.05, 4.69) is 5.32 Å². The minimum Gasteiger partial charge on any atom is -0.463 e. The second-order valence-corrected chi connectivity index (χ2v) is 4.94. The molecule has 21 heavy (non-hydrogen) atoms. The zero-order valence-electron chi connectivity index (χ0n) is 12.1. The minimum absolute atomic E-state index is 0.144. The number of amides is 1. The van der Waals surface area contributed by atoms with Crippen LogP contribution in [0.2, 0.25) is 0 Å². The minimum atomic E-state index is -0.232. The molecule has 0 bridgehead atoms. The summed E-state index contributed by atoms with van der Waals surface area (Å²) < 4.78 is 5.38. The molecule has 1 heterocycles. The smallest absolute Gasteiger partial charge is 0.244 e. The Morgan fingerprint density at radius 2 is 2.10 bits per heavy atom. The Kier molecular flexibility index (Phi) is 4.90. The lowest BCUT2D eigenvalue weighted by Crippen LogP contribution is -2.30. The van der Waals surface area contributed by atoms with Gasteiger partial charge in [-0.3, -0.25) is 9.59 Å². The van der Waals surface area contributed by atoms with Gasteiger partial charge in [0, 0.05) is 19.2 Å². The molecule has 0 unspecified atom stereocenters. The van der Waals surface area contributed by atoms with Gasteiger partial charge in [-0.2, -0.15) is 0 Å². The Hall–Kier alpha value is -2.40. The average Bonchev–Trinajstić information content (AvgIpc) is 2.46. The van der Waals surface area contributed by atoms with E-state index in [4.69, 9.17) is 4.42 Å². The summed E-state index contributed by atoms with van der Waals surface area (Å²) in [5.74, 6) is -0.232. The van der Waals surface area contributed by atoms with Crippen LogP contribution in [0.4, 0.5) is 0 Å². The summed E-state index contributed by atoms with van der Waals surface area (Å²) in [6.45, 7) is 1.32. The highest BCUT2D eigenvalue weighted by Crippen LogP contribution is 2.10. The van der Waals surface area contributed by atoms with Crippen LogP contribution in [0.5, 0.6) is 0 Å². The highest BCUT2D eigenvalue weighted by Gasteiger charge is 2.04. The van der Waals surface area contributed by atoms with Gasteiger partial charge in [-0.1, -0.05) is 12.1 Å². The third-order valence-corrected chi connectivity index (χ3v) is 2.98. The molecular formula is C16H18N2O3. The van der Waals surface area contributed by atoms with Crippen LogP contribution in [0.25, 0.3) is 17.0 Å². The van der Waals surface area contributed by atoms with Crippen LogP contribution in [0.3, 0.4) is 0 Å². The Balaban J connectivity index is 2.09. The lowest BCUT2D eigenvalue weighted by Gasteiger charge is -2.08. The van der Waals surface area contributed by atoms with Gasteiger partial charge in [0.1, 0.15) is 11.8 Å². The molecule has 0 aliphatic carbocycles. The molecule has 0 saturated heterocycles. The summed E-state index contributed by atoms with van der Waals surface area (Å²) in [6, 6.07) is 7.02. The molecule has 110 valence electrons. The van der Waals surface area contributed by atoms with Gasteiger partial charge >= 0.3 is 0 Å². The van der Waals surface area contributed by atoms with Crippen molar-refractivity contribution in [2.45, 2.75) is 0 Å². The van der Waals surface area contributed by atoms with Crippen LogP contribution in [-0.2, 0) is 4.79 Å². The van der Waals surface area contributed by atoms with E-state index in [0.717, 1.165) is 6.54 Å². The number of likely N-dealkylation sites (N-methyl/N-ethyl adjacent to an activating group) is 1. The zero-order chi connectivity index (χ0) is 15.2. The summed E-state index contributed by atoms with van der Waals surface area (Å²) >= 11 is 0. The first kappa shape index (κ1) is 15.0. The number of benzene rings is 1. The lowest BCUT2D eigenvalue weighted by molar-refractivity contribution is -0.116. The first-order valence-corrected chi connectivity index (χ1v) is 6.69. The van der Waals surface area contributed by atoms with Gasteiger partial charge in [-0.25, -0.2) is 0 Å².